The SMILES string of the molecule is COc1ccc(CCC(=O)N2CC(C(=O)NCC3CC3)C3(CCC3)C2)cc1. The molecule has 1 aromatic rings. The fourth-order valence-corrected chi connectivity index (χ4v) is 4.55. The van der Waals surface area contributed by atoms with Gasteiger partial charge in [-0.3, -0.25) is 9.59 Å². The number of hydrogen-bond donors (Lipinski definition) is 1. The second kappa shape index (κ2) is 7.53. The Morgan fingerprint density at radius 2 is 1.96 bits per heavy atom. The van der Waals surface area contributed by atoms with Gasteiger partial charge in [0.1, 0.15) is 5.75 Å². The molecular weight excluding hydrogens is 340 g/mol. The number of hydrogen-bond acceptors (Lipinski definition) is 3. The molecular formula is C22H30N2O3. The Labute approximate surface area is 161 Å². The van der Waals surface area contributed by atoms with E-state index in [0.29, 0.717) is 18.9 Å². The van der Waals surface area contributed by atoms with Crippen LogP contribution in [0.2, 0.25) is 0 Å². The van der Waals surface area contributed by atoms with Crippen LogP contribution in [0.25, 0.3) is 0 Å². The summed E-state index contributed by atoms with van der Waals surface area (Å²) < 4.78 is 5.18. The topological polar surface area (TPSA) is 58.6 Å². The van der Waals surface area contributed by atoms with Crippen LogP contribution in [0, 0.1) is 17.3 Å². The average molecular weight is 370 g/mol. The Morgan fingerprint density at radius 1 is 1.22 bits per heavy atom. The summed E-state index contributed by atoms with van der Waals surface area (Å²) in [4.78, 5) is 27.5. The summed E-state index contributed by atoms with van der Waals surface area (Å²) >= 11 is 0. The number of ether oxygens (including phenoxy) is 1. The van der Waals surface area contributed by atoms with Crippen LogP contribution >= 0.6 is 0 Å². The van der Waals surface area contributed by atoms with Crippen molar-refractivity contribution in [1.82, 2.24) is 10.2 Å². The lowest BCUT2D eigenvalue weighted by molar-refractivity contribution is -0.130. The van der Waals surface area contributed by atoms with Crippen molar-refractivity contribution in [3.8, 4) is 5.75 Å². The Hall–Kier alpha value is -2.04. The fourth-order valence-electron chi connectivity index (χ4n) is 4.55. The number of carbonyl (C=O) groups excluding carboxylic acids is 2. The largest absolute Gasteiger partial charge is 0.497 e. The Morgan fingerprint density at radius 3 is 2.56 bits per heavy atom. The first-order chi connectivity index (χ1) is 13.1. The normalized spacial score (nSPS) is 23.1. The molecule has 27 heavy (non-hydrogen) atoms. The number of nitrogens with zero attached hydrogens (tertiary/aromatic N) is 1. The third kappa shape index (κ3) is 3.97. The average Bonchev–Trinajstić information content (AvgIpc) is 3.40. The van der Waals surface area contributed by atoms with E-state index < -0.39 is 0 Å². The molecule has 0 radical (unpaired) electrons. The van der Waals surface area contributed by atoms with Crippen molar-refractivity contribution in [2.75, 3.05) is 26.7 Å². The molecule has 1 spiro atoms. The smallest absolute Gasteiger partial charge is 0.225 e. The molecule has 1 aromatic carbocycles. The van der Waals surface area contributed by atoms with Gasteiger partial charge >= 0.3 is 0 Å². The number of benzene rings is 1. The highest BCUT2D eigenvalue weighted by Gasteiger charge is 2.54. The number of carbonyl (C=O) groups is 2. The molecule has 5 heteroatoms. The van der Waals surface area contributed by atoms with Crippen LogP contribution in [0.3, 0.4) is 0 Å². The van der Waals surface area contributed by atoms with E-state index in [1.807, 2.05) is 29.2 Å². The van der Waals surface area contributed by atoms with Crippen molar-refractivity contribution >= 4 is 11.8 Å². The van der Waals surface area contributed by atoms with E-state index in [4.69, 9.17) is 4.74 Å². The molecule has 2 aliphatic carbocycles. The predicted molar refractivity (Wildman–Crippen MR) is 103 cm³/mol. The lowest BCUT2D eigenvalue weighted by atomic mass is 9.62. The zero-order chi connectivity index (χ0) is 18.9. The maximum absolute atomic E-state index is 12.8. The van der Waals surface area contributed by atoms with Gasteiger partial charge in [-0.2, -0.15) is 0 Å². The van der Waals surface area contributed by atoms with Crippen molar-refractivity contribution in [2.24, 2.45) is 17.3 Å². The molecule has 5 nitrogen and oxygen atoms in total. The van der Waals surface area contributed by atoms with Crippen molar-refractivity contribution in [1.29, 1.82) is 0 Å². The Kier molecular flexibility index (Phi) is 5.11. The maximum atomic E-state index is 12.8. The Balaban J connectivity index is 1.32. The molecule has 1 atom stereocenters. The molecule has 0 aromatic heterocycles. The highest BCUT2D eigenvalue weighted by molar-refractivity contribution is 5.83. The van der Waals surface area contributed by atoms with E-state index in [9.17, 15) is 9.59 Å². The predicted octanol–water partition coefficient (Wildman–Crippen LogP) is 2.78. The maximum Gasteiger partial charge on any atom is 0.225 e. The zero-order valence-corrected chi connectivity index (χ0v) is 16.2. The van der Waals surface area contributed by atoms with Gasteiger partial charge in [-0.25, -0.2) is 0 Å². The van der Waals surface area contributed by atoms with Gasteiger partial charge in [-0.1, -0.05) is 18.6 Å². The molecule has 146 valence electrons. The van der Waals surface area contributed by atoms with Crippen LogP contribution in [-0.2, 0) is 16.0 Å². The van der Waals surface area contributed by atoms with Crippen molar-refractivity contribution in [2.45, 2.75) is 44.9 Å². The number of methoxy groups -OCH3 is 1. The van der Waals surface area contributed by atoms with Gasteiger partial charge in [0.05, 0.1) is 13.0 Å². The first kappa shape index (κ1) is 18.3. The van der Waals surface area contributed by atoms with Gasteiger partial charge in [0, 0.05) is 31.5 Å². The molecule has 4 rings (SSSR count). The van der Waals surface area contributed by atoms with E-state index in [1.54, 1.807) is 7.11 Å². The molecule has 3 fully saturated rings. The minimum atomic E-state index is -0.0186. The molecule has 0 bridgehead atoms. The first-order valence-corrected chi connectivity index (χ1v) is 10.3. The van der Waals surface area contributed by atoms with Crippen molar-refractivity contribution in [3.05, 3.63) is 29.8 Å². The fraction of sp³-hybridized carbons (Fsp3) is 0.636. The second-order valence-electron chi connectivity index (χ2n) is 8.58. The summed E-state index contributed by atoms with van der Waals surface area (Å²) in [7, 11) is 1.65. The standard InChI is InChI=1S/C22H30N2O3/c1-27-18-8-5-16(6-9-18)7-10-20(25)24-14-19(22(15-24)11-2-12-22)21(26)23-13-17-3-4-17/h5-6,8-9,17,19H,2-4,7,10-15H2,1H3,(H,23,26). The van der Waals surface area contributed by atoms with Crippen LogP contribution in [0.4, 0.5) is 0 Å². The van der Waals surface area contributed by atoms with Gasteiger partial charge < -0.3 is 15.0 Å². The number of likely N-dealkylation sites (tertiary alicyclic amines) is 1. The summed E-state index contributed by atoms with van der Waals surface area (Å²) in [6.45, 7) is 2.17. The van der Waals surface area contributed by atoms with Crippen LogP contribution in [0.1, 0.15) is 44.1 Å². The zero-order valence-electron chi connectivity index (χ0n) is 16.2. The summed E-state index contributed by atoms with van der Waals surface area (Å²) in [5, 5.41) is 3.15. The lowest BCUT2D eigenvalue weighted by Gasteiger charge is -2.41. The first-order valence-electron chi connectivity index (χ1n) is 10.3. The quantitative estimate of drug-likeness (QED) is 0.803. The van der Waals surface area contributed by atoms with E-state index in [1.165, 1.54) is 19.3 Å². The van der Waals surface area contributed by atoms with Crippen LogP contribution in [0.15, 0.2) is 24.3 Å². The summed E-state index contributed by atoms with van der Waals surface area (Å²) in [5.41, 5.74) is 1.18. The lowest BCUT2D eigenvalue weighted by Crippen LogP contribution is -2.45. The number of amides is 2. The third-order valence-corrected chi connectivity index (χ3v) is 6.71. The number of nitrogens with one attached hydrogen (secondary N) is 1. The molecule has 2 saturated carbocycles. The van der Waals surface area contributed by atoms with Gasteiger partial charge in [0.2, 0.25) is 11.8 Å². The number of aryl methyl sites for hydroxylation is 1. The van der Waals surface area contributed by atoms with Crippen molar-refractivity contribution < 1.29 is 14.3 Å². The van der Waals surface area contributed by atoms with E-state index in [2.05, 4.69) is 5.32 Å². The molecule has 2 amide bonds. The summed E-state index contributed by atoms with van der Waals surface area (Å²) in [6.07, 6.45) is 7.05. The molecule has 1 saturated heterocycles. The summed E-state index contributed by atoms with van der Waals surface area (Å²) in [6, 6.07) is 7.88. The van der Waals surface area contributed by atoms with Crippen molar-refractivity contribution in [3.63, 3.8) is 0 Å². The minimum absolute atomic E-state index is 0.0186. The highest BCUT2D eigenvalue weighted by Crippen LogP contribution is 2.51. The van der Waals surface area contributed by atoms with Gasteiger partial charge in [-0.15, -0.1) is 0 Å². The van der Waals surface area contributed by atoms with Crippen LogP contribution in [-0.4, -0.2) is 43.5 Å². The molecule has 1 aliphatic heterocycles. The monoisotopic (exact) mass is 370 g/mol. The molecule has 1 heterocycles. The van der Waals surface area contributed by atoms with E-state index in [0.717, 1.165) is 43.7 Å². The third-order valence-electron chi connectivity index (χ3n) is 6.71. The second-order valence-corrected chi connectivity index (χ2v) is 8.58. The van der Waals surface area contributed by atoms with Gasteiger partial charge in [0.25, 0.3) is 0 Å². The molecule has 1 unspecified atom stereocenters. The summed E-state index contributed by atoms with van der Waals surface area (Å²) in [5.74, 6) is 1.85. The van der Waals surface area contributed by atoms with Crippen LogP contribution < -0.4 is 10.1 Å². The highest BCUT2D eigenvalue weighted by atomic mass is 16.5. The van der Waals surface area contributed by atoms with Gasteiger partial charge in [0.15, 0.2) is 0 Å². The Bertz CT molecular complexity index is 692. The molecule has 1 N–H and O–H groups in total. The minimum Gasteiger partial charge on any atom is -0.497 e. The number of rotatable bonds is 7. The van der Waals surface area contributed by atoms with E-state index in [-0.39, 0.29) is 23.1 Å². The van der Waals surface area contributed by atoms with Gasteiger partial charge in [-0.05, 0) is 55.7 Å². The molecule has 3 aliphatic rings. The van der Waals surface area contributed by atoms with E-state index >= 15 is 0 Å². The van der Waals surface area contributed by atoms with Crippen LogP contribution in [0.5, 0.6) is 5.75 Å².